The van der Waals surface area contributed by atoms with Crippen molar-refractivity contribution >= 4 is 11.6 Å². The Kier molecular flexibility index (Phi) is 2.61. The molecule has 1 aromatic heterocycles. The maximum atomic E-state index is 8.75. The first-order valence-corrected chi connectivity index (χ1v) is 4.65. The van der Waals surface area contributed by atoms with Crippen LogP contribution in [0, 0.1) is 11.3 Å². The Morgan fingerprint density at radius 1 is 1.20 bits per heavy atom. The SMILES string of the molecule is N#Cc1cccc(-c2cc(Cl)ncn2)c1. The second kappa shape index (κ2) is 4.07. The average Bonchev–Trinajstić information content (AvgIpc) is 2.29. The van der Waals surface area contributed by atoms with Gasteiger partial charge in [-0.25, -0.2) is 9.97 Å². The molecule has 0 aliphatic heterocycles. The fourth-order valence-electron chi connectivity index (χ4n) is 1.24. The van der Waals surface area contributed by atoms with Crippen molar-refractivity contribution < 1.29 is 0 Å². The van der Waals surface area contributed by atoms with Gasteiger partial charge >= 0.3 is 0 Å². The highest BCUT2D eigenvalue weighted by atomic mass is 35.5. The molecule has 15 heavy (non-hydrogen) atoms. The molecule has 0 saturated carbocycles. The van der Waals surface area contributed by atoms with Crippen LogP contribution in [0.3, 0.4) is 0 Å². The molecule has 0 radical (unpaired) electrons. The van der Waals surface area contributed by atoms with Crippen LogP contribution in [0.15, 0.2) is 36.7 Å². The standard InChI is InChI=1S/C11H6ClN3/c12-11-5-10(14-7-15-11)9-3-1-2-8(4-9)6-13/h1-5,7H. The van der Waals surface area contributed by atoms with Gasteiger partial charge in [0.2, 0.25) is 0 Å². The highest BCUT2D eigenvalue weighted by Crippen LogP contribution is 2.19. The largest absolute Gasteiger partial charge is 0.236 e. The Hall–Kier alpha value is -1.92. The number of hydrogen-bond acceptors (Lipinski definition) is 3. The lowest BCUT2D eigenvalue weighted by Gasteiger charge is -2.00. The number of aromatic nitrogens is 2. The Bertz CT molecular complexity index is 531. The van der Waals surface area contributed by atoms with Crippen LogP contribution in [0.5, 0.6) is 0 Å². The molecule has 3 nitrogen and oxygen atoms in total. The van der Waals surface area contributed by atoms with Crippen LogP contribution in [0.1, 0.15) is 5.56 Å². The minimum Gasteiger partial charge on any atom is -0.236 e. The lowest BCUT2D eigenvalue weighted by Crippen LogP contribution is -1.86. The van der Waals surface area contributed by atoms with E-state index in [9.17, 15) is 0 Å². The number of benzene rings is 1. The summed E-state index contributed by atoms with van der Waals surface area (Å²) in [7, 11) is 0. The molecule has 2 rings (SSSR count). The molecule has 0 saturated heterocycles. The van der Waals surface area contributed by atoms with E-state index in [0.717, 1.165) is 5.56 Å². The highest BCUT2D eigenvalue weighted by Gasteiger charge is 2.01. The summed E-state index contributed by atoms with van der Waals surface area (Å²) in [6.45, 7) is 0. The summed E-state index contributed by atoms with van der Waals surface area (Å²) in [5.74, 6) is 0. The van der Waals surface area contributed by atoms with E-state index < -0.39 is 0 Å². The van der Waals surface area contributed by atoms with Gasteiger partial charge in [0.1, 0.15) is 11.5 Å². The fourth-order valence-corrected chi connectivity index (χ4v) is 1.39. The van der Waals surface area contributed by atoms with Gasteiger partial charge in [-0.05, 0) is 12.1 Å². The maximum absolute atomic E-state index is 8.75. The van der Waals surface area contributed by atoms with Crippen molar-refractivity contribution in [2.45, 2.75) is 0 Å². The third kappa shape index (κ3) is 2.12. The van der Waals surface area contributed by atoms with Crippen LogP contribution >= 0.6 is 11.6 Å². The first kappa shape index (κ1) is 9.63. The number of halogens is 1. The topological polar surface area (TPSA) is 49.6 Å². The van der Waals surface area contributed by atoms with Gasteiger partial charge in [0.25, 0.3) is 0 Å². The highest BCUT2D eigenvalue weighted by molar-refractivity contribution is 6.29. The number of nitriles is 1. The predicted octanol–water partition coefficient (Wildman–Crippen LogP) is 2.67. The molecule has 0 aliphatic rings. The number of nitrogens with zero attached hydrogens (tertiary/aromatic N) is 3. The van der Waals surface area contributed by atoms with Gasteiger partial charge in [-0.1, -0.05) is 23.7 Å². The summed E-state index contributed by atoms with van der Waals surface area (Å²) in [6, 6.07) is 10.9. The molecule has 0 atom stereocenters. The van der Waals surface area contributed by atoms with Crippen molar-refractivity contribution in [3.63, 3.8) is 0 Å². The lowest BCUT2D eigenvalue weighted by atomic mass is 10.1. The van der Waals surface area contributed by atoms with E-state index in [1.165, 1.54) is 6.33 Å². The fraction of sp³-hybridized carbons (Fsp3) is 0. The van der Waals surface area contributed by atoms with Gasteiger partial charge in [0.15, 0.2) is 0 Å². The van der Waals surface area contributed by atoms with Crippen LogP contribution in [0.4, 0.5) is 0 Å². The molecule has 0 unspecified atom stereocenters. The second-order valence-corrected chi connectivity index (χ2v) is 3.31. The Morgan fingerprint density at radius 3 is 2.80 bits per heavy atom. The summed E-state index contributed by atoms with van der Waals surface area (Å²) in [6.07, 6.45) is 1.40. The third-order valence-electron chi connectivity index (χ3n) is 1.92. The lowest BCUT2D eigenvalue weighted by molar-refractivity contribution is 1.17. The van der Waals surface area contributed by atoms with Crippen LogP contribution in [-0.4, -0.2) is 9.97 Å². The Balaban J connectivity index is 2.50. The molecule has 0 amide bonds. The molecule has 0 spiro atoms. The zero-order valence-corrected chi connectivity index (χ0v) is 8.44. The summed E-state index contributed by atoms with van der Waals surface area (Å²) in [5.41, 5.74) is 2.17. The van der Waals surface area contributed by atoms with Gasteiger partial charge in [0.05, 0.1) is 17.3 Å². The molecular weight excluding hydrogens is 210 g/mol. The third-order valence-corrected chi connectivity index (χ3v) is 2.13. The molecular formula is C11H6ClN3. The van der Waals surface area contributed by atoms with Crippen LogP contribution in [-0.2, 0) is 0 Å². The molecule has 0 aliphatic carbocycles. The summed E-state index contributed by atoms with van der Waals surface area (Å²) < 4.78 is 0. The van der Waals surface area contributed by atoms with E-state index in [2.05, 4.69) is 16.0 Å². The van der Waals surface area contributed by atoms with Gasteiger partial charge in [0, 0.05) is 11.6 Å². The molecule has 72 valence electrons. The van der Waals surface area contributed by atoms with Crippen molar-refractivity contribution in [3.8, 4) is 17.3 Å². The first-order chi connectivity index (χ1) is 7.29. The average molecular weight is 216 g/mol. The molecule has 0 fully saturated rings. The summed E-state index contributed by atoms with van der Waals surface area (Å²) in [4.78, 5) is 7.88. The normalized spacial score (nSPS) is 9.60. The monoisotopic (exact) mass is 215 g/mol. The smallest absolute Gasteiger partial charge is 0.133 e. The van der Waals surface area contributed by atoms with E-state index in [1.54, 1.807) is 18.2 Å². The molecule has 0 bridgehead atoms. The number of rotatable bonds is 1. The molecule has 1 heterocycles. The quantitative estimate of drug-likeness (QED) is 0.688. The molecule has 1 aromatic carbocycles. The first-order valence-electron chi connectivity index (χ1n) is 4.27. The van der Waals surface area contributed by atoms with Gasteiger partial charge in [-0.2, -0.15) is 5.26 Å². The van der Waals surface area contributed by atoms with Gasteiger partial charge < -0.3 is 0 Å². The van der Waals surface area contributed by atoms with Gasteiger partial charge in [-0.3, -0.25) is 0 Å². The summed E-state index contributed by atoms with van der Waals surface area (Å²) >= 11 is 5.75. The zero-order chi connectivity index (χ0) is 10.7. The van der Waals surface area contributed by atoms with Crippen molar-refractivity contribution in [2.24, 2.45) is 0 Å². The maximum Gasteiger partial charge on any atom is 0.133 e. The predicted molar refractivity (Wildman–Crippen MR) is 57.2 cm³/mol. The number of hydrogen-bond donors (Lipinski definition) is 0. The van der Waals surface area contributed by atoms with E-state index in [1.807, 2.05) is 12.1 Å². The zero-order valence-electron chi connectivity index (χ0n) is 7.68. The molecule has 4 heteroatoms. The van der Waals surface area contributed by atoms with Crippen molar-refractivity contribution in [1.82, 2.24) is 9.97 Å². The van der Waals surface area contributed by atoms with E-state index in [4.69, 9.17) is 16.9 Å². The van der Waals surface area contributed by atoms with Crippen molar-refractivity contribution in [3.05, 3.63) is 47.4 Å². The minimum atomic E-state index is 0.391. The Labute approximate surface area is 92.0 Å². The Morgan fingerprint density at radius 2 is 2.07 bits per heavy atom. The minimum absolute atomic E-state index is 0.391. The van der Waals surface area contributed by atoms with Crippen molar-refractivity contribution in [1.29, 1.82) is 5.26 Å². The van der Waals surface area contributed by atoms with E-state index in [0.29, 0.717) is 16.4 Å². The van der Waals surface area contributed by atoms with E-state index in [-0.39, 0.29) is 0 Å². The second-order valence-electron chi connectivity index (χ2n) is 2.92. The summed E-state index contributed by atoms with van der Waals surface area (Å²) in [5, 5.41) is 9.15. The van der Waals surface area contributed by atoms with Crippen LogP contribution in [0.25, 0.3) is 11.3 Å². The van der Waals surface area contributed by atoms with Gasteiger partial charge in [-0.15, -0.1) is 0 Å². The van der Waals surface area contributed by atoms with Crippen molar-refractivity contribution in [2.75, 3.05) is 0 Å². The van der Waals surface area contributed by atoms with Crippen LogP contribution < -0.4 is 0 Å². The van der Waals surface area contributed by atoms with E-state index >= 15 is 0 Å². The molecule has 2 aromatic rings. The molecule has 0 N–H and O–H groups in total. The van der Waals surface area contributed by atoms with Crippen LogP contribution in [0.2, 0.25) is 5.15 Å².